The molecule has 1 fully saturated rings. The summed E-state index contributed by atoms with van der Waals surface area (Å²) >= 11 is 0. The molecule has 23 heavy (non-hydrogen) atoms. The van der Waals surface area contributed by atoms with Crippen molar-refractivity contribution in [3.8, 4) is 11.5 Å². The average molecular weight is 314 g/mol. The van der Waals surface area contributed by atoms with Gasteiger partial charge in [-0.1, -0.05) is 26.0 Å². The van der Waals surface area contributed by atoms with Crippen LogP contribution in [-0.2, 0) is 4.79 Å². The quantitative estimate of drug-likeness (QED) is 0.732. The third-order valence-electron chi connectivity index (χ3n) is 3.67. The first-order valence-corrected chi connectivity index (χ1v) is 8.21. The lowest BCUT2D eigenvalue weighted by Crippen LogP contribution is -2.06. The molecular weight excluding hydrogens is 288 g/mol. The Kier molecular flexibility index (Phi) is 5.64. The Morgan fingerprint density at radius 3 is 2.35 bits per heavy atom. The molecule has 0 radical (unpaired) electrons. The maximum Gasteiger partial charge on any atom is 0.184 e. The zero-order valence-electron chi connectivity index (χ0n) is 14.7. The number of methoxy groups -OCH3 is 1. The van der Waals surface area contributed by atoms with Crippen LogP contribution in [-0.4, -0.2) is 19.0 Å². The second kappa shape index (κ2) is 7.49. The number of ether oxygens (including phenoxy) is 2. The molecule has 3 heteroatoms. The maximum absolute atomic E-state index is 12.4. The molecule has 1 aromatic rings. The van der Waals surface area contributed by atoms with E-state index in [9.17, 15) is 4.79 Å². The lowest BCUT2D eigenvalue weighted by atomic mass is 10.1. The van der Waals surface area contributed by atoms with Crippen LogP contribution in [0.3, 0.4) is 0 Å². The van der Waals surface area contributed by atoms with Gasteiger partial charge in [-0.25, -0.2) is 0 Å². The number of carbonyl (C=O) groups is 1. The predicted molar refractivity (Wildman–Crippen MR) is 93.9 cm³/mol. The number of ketones is 1. The monoisotopic (exact) mass is 314 g/mol. The van der Waals surface area contributed by atoms with Crippen LogP contribution in [0.2, 0.25) is 0 Å². The van der Waals surface area contributed by atoms with E-state index < -0.39 is 0 Å². The van der Waals surface area contributed by atoms with E-state index in [-0.39, 0.29) is 11.9 Å². The zero-order valence-corrected chi connectivity index (χ0v) is 14.7. The van der Waals surface area contributed by atoms with Crippen molar-refractivity contribution in [2.24, 2.45) is 5.92 Å². The van der Waals surface area contributed by atoms with Crippen LogP contribution in [0.4, 0.5) is 0 Å². The fourth-order valence-electron chi connectivity index (χ4n) is 2.73. The van der Waals surface area contributed by atoms with Gasteiger partial charge in [-0.2, -0.15) is 0 Å². The minimum absolute atomic E-state index is 0.0910. The van der Waals surface area contributed by atoms with E-state index in [4.69, 9.17) is 9.47 Å². The molecule has 0 aromatic heterocycles. The van der Waals surface area contributed by atoms with Gasteiger partial charge in [0, 0.05) is 5.57 Å². The zero-order chi connectivity index (χ0) is 17.0. The third kappa shape index (κ3) is 4.47. The highest BCUT2D eigenvalue weighted by Gasteiger charge is 2.23. The topological polar surface area (TPSA) is 35.5 Å². The summed E-state index contributed by atoms with van der Waals surface area (Å²) < 4.78 is 11.1. The number of Topliss-reactive ketones (excluding diaryl/α,β-unsaturated/α-hetero) is 1. The van der Waals surface area contributed by atoms with Gasteiger partial charge in [-0.05, 0) is 62.0 Å². The second-order valence-corrected chi connectivity index (χ2v) is 6.51. The van der Waals surface area contributed by atoms with E-state index in [0.717, 1.165) is 35.3 Å². The molecule has 1 aliphatic carbocycles. The largest absolute Gasteiger partial charge is 0.493 e. The SMILES string of the molecule is COc1cc(/C=C2\CC/C(=C/C(C)C)C2=O)ccc1OC(C)C. The highest BCUT2D eigenvalue weighted by atomic mass is 16.5. The number of rotatable bonds is 5. The Morgan fingerprint density at radius 2 is 1.74 bits per heavy atom. The van der Waals surface area contributed by atoms with E-state index in [1.54, 1.807) is 7.11 Å². The second-order valence-electron chi connectivity index (χ2n) is 6.51. The summed E-state index contributed by atoms with van der Waals surface area (Å²) in [7, 11) is 1.63. The molecule has 0 atom stereocenters. The molecule has 0 spiro atoms. The Hall–Kier alpha value is -2.03. The van der Waals surface area contributed by atoms with Crippen molar-refractivity contribution >= 4 is 11.9 Å². The Bertz CT molecular complexity index is 636. The number of allylic oxidation sites excluding steroid dienone is 3. The molecule has 0 aliphatic heterocycles. The van der Waals surface area contributed by atoms with E-state index in [1.807, 2.05) is 38.1 Å². The predicted octanol–water partition coefficient (Wildman–Crippen LogP) is 4.81. The Morgan fingerprint density at radius 1 is 1.04 bits per heavy atom. The van der Waals surface area contributed by atoms with Crippen molar-refractivity contribution in [3.05, 3.63) is 41.0 Å². The first kappa shape index (κ1) is 17.3. The summed E-state index contributed by atoms with van der Waals surface area (Å²) in [6, 6.07) is 5.78. The molecule has 3 nitrogen and oxygen atoms in total. The smallest absolute Gasteiger partial charge is 0.184 e. The molecule has 0 saturated heterocycles. The lowest BCUT2D eigenvalue weighted by molar-refractivity contribution is -0.111. The molecule has 0 bridgehead atoms. The minimum atomic E-state index is 0.0910. The van der Waals surface area contributed by atoms with Crippen LogP contribution in [0.25, 0.3) is 6.08 Å². The van der Waals surface area contributed by atoms with Crippen LogP contribution in [0.5, 0.6) is 11.5 Å². The molecule has 0 N–H and O–H groups in total. The molecule has 0 unspecified atom stereocenters. The van der Waals surface area contributed by atoms with E-state index in [2.05, 4.69) is 19.9 Å². The van der Waals surface area contributed by atoms with Gasteiger partial charge in [0.15, 0.2) is 17.3 Å². The molecule has 1 aliphatic rings. The van der Waals surface area contributed by atoms with Crippen LogP contribution in [0.15, 0.2) is 35.4 Å². The van der Waals surface area contributed by atoms with Crippen molar-refractivity contribution < 1.29 is 14.3 Å². The van der Waals surface area contributed by atoms with Gasteiger partial charge in [0.2, 0.25) is 0 Å². The van der Waals surface area contributed by atoms with Crippen molar-refractivity contribution in [1.82, 2.24) is 0 Å². The van der Waals surface area contributed by atoms with Crippen LogP contribution >= 0.6 is 0 Å². The molecule has 0 amide bonds. The highest BCUT2D eigenvalue weighted by molar-refractivity contribution is 6.13. The summed E-state index contributed by atoms with van der Waals surface area (Å²) in [6.07, 6.45) is 5.78. The molecule has 2 rings (SSSR count). The van der Waals surface area contributed by atoms with Gasteiger partial charge in [-0.15, -0.1) is 0 Å². The first-order valence-electron chi connectivity index (χ1n) is 8.21. The van der Waals surface area contributed by atoms with Gasteiger partial charge in [0.05, 0.1) is 13.2 Å². The van der Waals surface area contributed by atoms with Gasteiger partial charge in [-0.3, -0.25) is 4.79 Å². The van der Waals surface area contributed by atoms with Crippen molar-refractivity contribution in [2.45, 2.75) is 46.6 Å². The Balaban J connectivity index is 2.25. The summed E-state index contributed by atoms with van der Waals surface area (Å²) in [4.78, 5) is 12.4. The summed E-state index contributed by atoms with van der Waals surface area (Å²) in [5.41, 5.74) is 2.78. The van der Waals surface area contributed by atoms with Crippen molar-refractivity contribution in [2.75, 3.05) is 7.11 Å². The van der Waals surface area contributed by atoms with Crippen LogP contribution in [0.1, 0.15) is 46.1 Å². The lowest BCUT2D eigenvalue weighted by Gasteiger charge is -2.13. The average Bonchev–Trinajstić information content (AvgIpc) is 2.80. The fraction of sp³-hybridized carbons (Fsp3) is 0.450. The first-order chi connectivity index (χ1) is 10.9. The minimum Gasteiger partial charge on any atom is -0.493 e. The number of benzene rings is 1. The van der Waals surface area contributed by atoms with E-state index in [1.165, 1.54) is 0 Å². The number of carbonyl (C=O) groups excluding carboxylic acids is 1. The number of hydrogen-bond acceptors (Lipinski definition) is 3. The van der Waals surface area contributed by atoms with Gasteiger partial charge < -0.3 is 9.47 Å². The summed E-state index contributed by atoms with van der Waals surface area (Å²) in [6.45, 7) is 8.16. The fourth-order valence-corrected chi connectivity index (χ4v) is 2.73. The Labute approximate surface area is 139 Å². The molecule has 124 valence electrons. The van der Waals surface area contributed by atoms with Crippen LogP contribution < -0.4 is 9.47 Å². The van der Waals surface area contributed by atoms with Crippen molar-refractivity contribution in [3.63, 3.8) is 0 Å². The third-order valence-corrected chi connectivity index (χ3v) is 3.67. The van der Waals surface area contributed by atoms with Crippen LogP contribution in [0, 0.1) is 5.92 Å². The number of hydrogen-bond donors (Lipinski definition) is 0. The molecule has 1 saturated carbocycles. The van der Waals surface area contributed by atoms with E-state index in [0.29, 0.717) is 11.7 Å². The normalized spacial score (nSPS) is 18.5. The summed E-state index contributed by atoms with van der Waals surface area (Å²) in [5.74, 6) is 2.00. The standard InChI is InChI=1S/C20H26O3/c1-13(2)10-16-7-8-17(20(16)21)11-15-6-9-18(23-14(3)4)19(12-15)22-5/h6,9-14H,7-8H2,1-5H3/b16-10-,17-11+. The molecule has 0 heterocycles. The maximum atomic E-state index is 12.4. The van der Waals surface area contributed by atoms with Gasteiger partial charge in [0.1, 0.15) is 0 Å². The van der Waals surface area contributed by atoms with E-state index >= 15 is 0 Å². The summed E-state index contributed by atoms with van der Waals surface area (Å²) in [5, 5.41) is 0. The van der Waals surface area contributed by atoms with Gasteiger partial charge >= 0.3 is 0 Å². The van der Waals surface area contributed by atoms with Crippen molar-refractivity contribution in [1.29, 1.82) is 0 Å². The highest BCUT2D eigenvalue weighted by Crippen LogP contribution is 2.32. The van der Waals surface area contributed by atoms with Gasteiger partial charge in [0.25, 0.3) is 0 Å². The molecular formula is C20H26O3. The molecule has 1 aromatic carbocycles.